The van der Waals surface area contributed by atoms with Crippen molar-refractivity contribution in [2.24, 2.45) is 0 Å². The lowest BCUT2D eigenvalue weighted by Crippen LogP contribution is -2.37. The summed E-state index contributed by atoms with van der Waals surface area (Å²) in [5.74, 6) is 0.873. The topological polar surface area (TPSA) is 83.7 Å². The number of anilines is 1. The van der Waals surface area contributed by atoms with Crippen LogP contribution >= 0.6 is 23.2 Å². The molecule has 1 saturated heterocycles. The van der Waals surface area contributed by atoms with Crippen molar-refractivity contribution in [1.82, 2.24) is 19.9 Å². The number of nitrogens with zero attached hydrogens (tertiary/aromatic N) is 3. The molecule has 1 aromatic carbocycles. The van der Waals surface area contributed by atoms with Crippen LogP contribution in [0.3, 0.4) is 0 Å². The zero-order valence-corrected chi connectivity index (χ0v) is 18.5. The third-order valence-corrected chi connectivity index (χ3v) is 5.85. The van der Waals surface area contributed by atoms with Crippen LogP contribution in [0.5, 0.6) is 5.75 Å². The molecule has 0 spiro atoms. The lowest BCUT2D eigenvalue weighted by atomic mass is 10.1. The molecule has 3 heterocycles. The first-order chi connectivity index (χ1) is 14.4. The summed E-state index contributed by atoms with van der Waals surface area (Å²) >= 11 is 12.8. The van der Waals surface area contributed by atoms with Gasteiger partial charge in [-0.2, -0.15) is 9.61 Å². The lowest BCUT2D eigenvalue weighted by molar-refractivity contribution is 0.0784. The van der Waals surface area contributed by atoms with E-state index in [-0.39, 0.29) is 5.75 Å². The molecule has 0 bridgehead atoms. The smallest absolute Gasteiger partial charge is 0.165 e. The Hall–Kier alpha value is -2.06. The Bertz CT molecular complexity index is 1040. The van der Waals surface area contributed by atoms with E-state index in [1.54, 1.807) is 4.52 Å². The minimum absolute atomic E-state index is 0.0198. The predicted molar refractivity (Wildman–Crippen MR) is 120 cm³/mol. The number of aromatic nitrogens is 3. The van der Waals surface area contributed by atoms with Crippen molar-refractivity contribution in [1.29, 1.82) is 0 Å². The van der Waals surface area contributed by atoms with E-state index in [0.717, 1.165) is 61.9 Å². The van der Waals surface area contributed by atoms with Gasteiger partial charge in [0, 0.05) is 49.7 Å². The molecule has 0 amide bonds. The van der Waals surface area contributed by atoms with Crippen LogP contribution in [0.25, 0.3) is 16.8 Å². The number of aryl methyl sites for hydroxylation is 2. The summed E-state index contributed by atoms with van der Waals surface area (Å²) in [5, 5.41) is 22.2. The van der Waals surface area contributed by atoms with Gasteiger partial charge in [-0.15, -0.1) is 0 Å². The Balaban J connectivity index is 1.61. The summed E-state index contributed by atoms with van der Waals surface area (Å²) in [6.07, 6.45) is 2.10. The summed E-state index contributed by atoms with van der Waals surface area (Å²) in [6.45, 7) is 7.09. The second-order valence-electron chi connectivity index (χ2n) is 7.53. The van der Waals surface area contributed by atoms with Gasteiger partial charge in [0.25, 0.3) is 0 Å². The highest BCUT2D eigenvalue weighted by atomic mass is 35.5. The van der Waals surface area contributed by atoms with Crippen LogP contribution in [0.1, 0.15) is 24.2 Å². The molecule has 9 heteroatoms. The second-order valence-corrected chi connectivity index (χ2v) is 8.34. The van der Waals surface area contributed by atoms with Gasteiger partial charge in [-0.3, -0.25) is 0 Å². The number of ether oxygens (including phenoxy) is 1. The molecule has 0 aliphatic carbocycles. The largest absolute Gasteiger partial charge is 0.508 e. The van der Waals surface area contributed by atoms with Crippen LogP contribution in [0.2, 0.25) is 10.0 Å². The number of phenols is 1. The van der Waals surface area contributed by atoms with E-state index < -0.39 is 0 Å². The number of fused-ring (bicyclic) bond motifs is 1. The summed E-state index contributed by atoms with van der Waals surface area (Å²) in [7, 11) is 0. The van der Waals surface area contributed by atoms with Crippen molar-refractivity contribution in [3.8, 4) is 16.9 Å². The van der Waals surface area contributed by atoms with Gasteiger partial charge in [0.05, 0.1) is 21.3 Å². The van der Waals surface area contributed by atoms with Crippen LogP contribution in [-0.4, -0.2) is 52.0 Å². The molecule has 1 aliphatic heterocycles. The number of aromatic hydroxyl groups is 1. The van der Waals surface area contributed by atoms with Crippen LogP contribution in [0, 0.1) is 13.8 Å². The van der Waals surface area contributed by atoms with Gasteiger partial charge in [0.1, 0.15) is 11.6 Å². The number of rotatable bonds is 6. The van der Waals surface area contributed by atoms with Crippen molar-refractivity contribution in [3.63, 3.8) is 0 Å². The number of halogens is 2. The van der Waals surface area contributed by atoms with Gasteiger partial charge in [0.15, 0.2) is 5.65 Å². The Morgan fingerprint density at radius 1 is 1.10 bits per heavy atom. The van der Waals surface area contributed by atoms with Crippen molar-refractivity contribution in [3.05, 3.63) is 39.6 Å². The zero-order valence-electron chi connectivity index (χ0n) is 17.0. The number of hydrogen-bond donors (Lipinski definition) is 3. The van der Waals surface area contributed by atoms with Crippen LogP contribution in [0.15, 0.2) is 18.2 Å². The highest BCUT2D eigenvalue weighted by Gasteiger charge is 2.21. The zero-order chi connectivity index (χ0) is 21.3. The van der Waals surface area contributed by atoms with E-state index in [1.807, 2.05) is 19.9 Å². The van der Waals surface area contributed by atoms with E-state index in [9.17, 15) is 5.11 Å². The molecule has 3 aromatic rings. The monoisotopic (exact) mass is 449 g/mol. The highest BCUT2D eigenvalue weighted by molar-refractivity contribution is 6.39. The van der Waals surface area contributed by atoms with E-state index in [2.05, 4.69) is 15.7 Å². The quantitative estimate of drug-likeness (QED) is 0.488. The Morgan fingerprint density at radius 3 is 2.50 bits per heavy atom. The Labute approximate surface area is 185 Å². The van der Waals surface area contributed by atoms with E-state index >= 15 is 0 Å². The van der Waals surface area contributed by atoms with E-state index in [1.165, 1.54) is 12.1 Å². The van der Waals surface area contributed by atoms with Gasteiger partial charge in [-0.05, 0) is 38.8 Å². The maximum atomic E-state index is 9.77. The summed E-state index contributed by atoms with van der Waals surface area (Å²) in [4.78, 5) is 4.69. The summed E-state index contributed by atoms with van der Waals surface area (Å²) in [6, 6.07) is 5.43. The third kappa shape index (κ3) is 4.34. The SMILES string of the molecule is Cc1cc(NCCNC2CCOCC2)n2nc(C)c(-c3c(Cl)cc(O)cc3Cl)c2n1. The first-order valence-electron chi connectivity index (χ1n) is 10.0. The fraction of sp³-hybridized carbons (Fsp3) is 0.429. The average molecular weight is 450 g/mol. The molecule has 0 radical (unpaired) electrons. The van der Waals surface area contributed by atoms with Gasteiger partial charge in [0.2, 0.25) is 0 Å². The molecule has 4 rings (SSSR count). The molecule has 1 aliphatic rings. The van der Waals surface area contributed by atoms with E-state index in [4.69, 9.17) is 32.9 Å². The first-order valence-corrected chi connectivity index (χ1v) is 10.8. The van der Waals surface area contributed by atoms with Gasteiger partial charge >= 0.3 is 0 Å². The fourth-order valence-electron chi connectivity index (χ4n) is 3.83. The molecule has 7 nitrogen and oxygen atoms in total. The standard InChI is InChI=1S/C21H25Cl2N5O2/c1-12-9-18(25-6-5-24-14-3-7-30-8-4-14)28-21(26-12)19(13(2)27-28)20-16(22)10-15(29)11-17(20)23/h9-11,14,24-25,29H,3-8H2,1-2H3. The first kappa shape index (κ1) is 21.2. The van der Waals surface area contributed by atoms with Gasteiger partial charge in [-0.25, -0.2) is 4.98 Å². The molecule has 160 valence electrons. The lowest BCUT2D eigenvalue weighted by Gasteiger charge is -2.23. The average Bonchev–Trinajstić information content (AvgIpc) is 3.01. The summed E-state index contributed by atoms with van der Waals surface area (Å²) < 4.78 is 7.19. The maximum Gasteiger partial charge on any atom is 0.165 e. The molecule has 0 saturated carbocycles. The number of nitrogens with one attached hydrogen (secondary N) is 2. The molecule has 0 atom stereocenters. The Kier molecular flexibility index (Phi) is 6.34. The van der Waals surface area contributed by atoms with Crippen molar-refractivity contribution < 1.29 is 9.84 Å². The normalized spacial score (nSPS) is 15.1. The number of phenolic OH excluding ortho intramolecular Hbond substituents is 1. The third-order valence-electron chi connectivity index (χ3n) is 5.25. The van der Waals surface area contributed by atoms with Crippen molar-refractivity contribution in [2.75, 3.05) is 31.6 Å². The fourth-order valence-corrected chi connectivity index (χ4v) is 4.49. The summed E-state index contributed by atoms with van der Waals surface area (Å²) in [5.41, 5.74) is 3.66. The maximum absolute atomic E-state index is 9.77. The molecular formula is C21H25Cl2N5O2. The van der Waals surface area contributed by atoms with Crippen molar-refractivity contribution >= 4 is 34.7 Å². The Morgan fingerprint density at radius 2 is 1.80 bits per heavy atom. The molecule has 30 heavy (non-hydrogen) atoms. The van der Waals surface area contributed by atoms with E-state index in [0.29, 0.717) is 27.3 Å². The second kappa shape index (κ2) is 8.98. The van der Waals surface area contributed by atoms with Gasteiger partial charge in [-0.1, -0.05) is 23.2 Å². The van der Waals surface area contributed by atoms with Crippen LogP contribution in [-0.2, 0) is 4.74 Å². The van der Waals surface area contributed by atoms with Crippen molar-refractivity contribution in [2.45, 2.75) is 32.7 Å². The van der Waals surface area contributed by atoms with Crippen LogP contribution < -0.4 is 10.6 Å². The molecule has 0 unspecified atom stereocenters. The minimum Gasteiger partial charge on any atom is -0.508 e. The minimum atomic E-state index is 0.0198. The molecule has 3 N–H and O–H groups in total. The molecular weight excluding hydrogens is 425 g/mol. The van der Waals surface area contributed by atoms with Gasteiger partial charge < -0.3 is 20.5 Å². The predicted octanol–water partition coefficient (Wildman–Crippen LogP) is 4.21. The molecule has 2 aromatic heterocycles. The highest BCUT2D eigenvalue weighted by Crippen LogP contribution is 2.41. The number of hydrogen-bond acceptors (Lipinski definition) is 6. The molecule has 1 fully saturated rings. The van der Waals surface area contributed by atoms with Crippen LogP contribution in [0.4, 0.5) is 5.82 Å². The number of benzene rings is 1.